The van der Waals surface area contributed by atoms with Gasteiger partial charge in [0.25, 0.3) is 5.69 Å². The van der Waals surface area contributed by atoms with Gasteiger partial charge in [-0.25, -0.2) is 0 Å². The maximum atomic E-state index is 13.8. The van der Waals surface area contributed by atoms with Crippen LogP contribution < -0.4 is 5.32 Å². The highest BCUT2D eigenvalue weighted by Crippen LogP contribution is 2.28. The predicted molar refractivity (Wildman–Crippen MR) is 158 cm³/mol. The average Bonchev–Trinajstić information content (AvgIpc) is 2.87. The number of carbonyl (C=O) groups excluding carboxylic acids is 2. The van der Waals surface area contributed by atoms with Gasteiger partial charge in [0.2, 0.25) is 11.8 Å². The minimum absolute atomic E-state index is 0.0104. The zero-order valence-corrected chi connectivity index (χ0v) is 24.4. The van der Waals surface area contributed by atoms with Crippen molar-refractivity contribution in [1.82, 2.24) is 10.2 Å². The normalized spacial score (nSPS) is 12.0. The molecule has 0 bridgehead atoms. The van der Waals surface area contributed by atoms with E-state index in [0.29, 0.717) is 27.8 Å². The number of nitrogens with zero attached hydrogens (tertiary/aromatic N) is 2. The third kappa shape index (κ3) is 9.27. The lowest BCUT2D eigenvalue weighted by atomic mass is 10.0. The second kappa shape index (κ2) is 13.8. The molecule has 3 rings (SSSR count). The lowest BCUT2D eigenvalue weighted by molar-refractivity contribution is -0.384. The van der Waals surface area contributed by atoms with E-state index in [1.165, 1.54) is 23.9 Å². The first-order valence-corrected chi connectivity index (χ1v) is 14.2. The molecule has 0 radical (unpaired) electrons. The highest BCUT2D eigenvalue weighted by atomic mass is 35.5. The molecule has 1 N–H and O–H groups in total. The van der Waals surface area contributed by atoms with Gasteiger partial charge in [-0.2, -0.15) is 0 Å². The molecule has 0 heterocycles. The monoisotopic (exact) mass is 587 g/mol. The summed E-state index contributed by atoms with van der Waals surface area (Å²) in [6.07, 6.45) is 0.309. The fourth-order valence-electron chi connectivity index (χ4n) is 3.91. The lowest BCUT2D eigenvalue weighted by Gasteiger charge is -2.34. The van der Waals surface area contributed by atoms with Crippen LogP contribution in [0.5, 0.6) is 0 Å². The standard InChI is InChI=1S/C29H31Cl2N3O4S/c1-29(2,3)32-28(36)26(16-20-8-5-4-6-9-20)33(17-23-24(30)10-7-11-25(23)31)27(35)19-39-18-21-12-14-22(15-13-21)34(37)38/h4-15,26H,16-19H2,1-3H3,(H,32,36). The van der Waals surface area contributed by atoms with Crippen LogP contribution in [0.4, 0.5) is 5.69 Å². The number of carbonyl (C=O) groups is 2. The van der Waals surface area contributed by atoms with Gasteiger partial charge in [0, 0.05) is 52.0 Å². The summed E-state index contributed by atoms with van der Waals surface area (Å²) in [6.45, 7) is 5.73. The first-order chi connectivity index (χ1) is 18.4. The molecule has 0 aliphatic carbocycles. The minimum Gasteiger partial charge on any atom is -0.350 e. The van der Waals surface area contributed by atoms with Crippen molar-refractivity contribution >= 4 is 52.5 Å². The largest absolute Gasteiger partial charge is 0.350 e. The summed E-state index contributed by atoms with van der Waals surface area (Å²) >= 11 is 14.3. The number of rotatable bonds is 11. The molecule has 7 nitrogen and oxygen atoms in total. The quantitative estimate of drug-likeness (QED) is 0.199. The van der Waals surface area contributed by atoms with E-state index in [0.717, 1.165) is 11.1 Å². The Labute approximate surface area is 243 Å². The van der Waals surface area contributed by atoms with Crippen LogP contribution in [0.2, 0.25) is 10.0 Å². The molecule has 10 heteroatoms. The first kappa shape index (κ1) is 30.5. The smallest absolute Gasteiger partial charge is 0.269 e. The summed E-state index contributed by atoms with van der Waals surface area (Å²) in [7, 11) is 0. The van der Waals surface area contributed by atoms with Crippen molar-refractivity contribution < 1.29 is 14.5 Å². The van der Waals surface area contributed by atoms with Gasteiger partial charge in [-0.05, 0) is 44.0 Å². The summed E-state index contributed by atoms with van der Waals surface area (Å²) in [4.78, 5) is 39.4. The number of hydrogen-bond acceptors (Lipinski definition) is 5. The third-order valence-electron chi connectivity index (χ3n) is 5.80. The van der Waals surface area contributed by atoms with Crippen LogP contribution in [0, 0.1) is 10.1 Å². The molecule has 3 aromatic carbocycles. The van der Waals surface area contributed by atoms with E-state index in [2.05, 4.69) is 5.32 Å². The number of amides is 2. The van der Waals surface area contributed by atoms with Crippen LogP contribution in [0.1, 0.15) is 37.5 Å². The Morgan fingerprint density at radius 3 is 2.13 bits per heavy atom. The van der Waals surface area contributed by atoms with Gasteiger partial charge in [0.05, 0.1) is 10.7 Å². The molecule has 1 atom stereocenters. The highest BCUT2D eigenvalue weighted by Gasteiger charge is 2.33. The first-order valence-electron chi connectivity index (χ1n) is 12.3. The fourth-order valence-corrected chi connectivity index (χ4v) is 5.30. The Hall–Kier alpha value is -3.07. The number of hydrogen-bond donors (Lipinski definition) is 1. The minimum atomic E-state index is -0.813. The van der Waals surface area contributed by atoms with Gasteiger partial charge in [0.1, 0.15) is 6.04 Å². The molecule has 0 aliphatic rings. The Morgan fingerprint density at radius 1 is 0.949 bits per heavy atom. The summed E-state index contributed by atoms with van der Waals surface area (Å²) < 4.78 is 0. The van der Waals surface area contributed by atoms with Gasteiger partial charge in [-0.15, -0.1) is 11.8 Å². The van der Waals surface area contributed by atoms with Crippen molar-refractivity contribution in [2.45, 2.75) is 51.1 Å². The van der Waals surface area contributed by atoms with Crippen molar-refractivity contribution in [2.75, 3.05) is 5.75 Å². The van der Waals surface area contributed by atoms with Gasteiger partial charge < -0.3 is 10.2 Å². The molecule has 0 saturated carbocycles. The number of nitro benzene ring substituents is 1. The SMILES string of the molecule is CC(C)(C)NC(=O)C(Cc1ccccc1)N(Cc1c(Cl)cccc1Cl)C(=O)CSCc1ccc([N+](=O)[O-])cc1. The van der Waals surface area contributed by atoms with E-state index < -0.39 is 16.5 Å². The molecular formula is C29H31Cl2N3O4S. The van der Waals surface area contributed by atoms with Crippen LogP contribution in [0.3, 0.4) is 0 Å². The van der Waals surface area contributed by atoms with Crippen molar-refractivity contribution in [2.24, 2.45) is 0 Å². The van der Waals surface area contributed by atoms with E-state index in [1.807, 2.05) is 51.1 Å². The van der Waals surface area contributed by atoms with Crippen LogP contribution in [0.25, 0.3) is 0 Å². The topological polar surface area (TPSA) is 92.6 Å². The molecule has 0 aromatic heterocycles. The number of nitro groups is 1. The van der Waals surface area contributed by atoms with Crippen LogP contribution >= 0.6 is 35.0 Å². The van der Waals surface area contributed by atoms with E-state index >= 15 is 0 Å². The second-order valence-electron chi connectivity index (χ2n) is 10.1. The molecule has 206 valence electrons. The number of thioether (sulfide) groups is 1. The average molecular weight is 589 g/mol. The molecule has 0 aliphatic heterocycles. The molecule has 0 spiro atoms. The Kier molecular flexibility index (Phi) is 10.8. The van der Waals surface area contributed by atoms with Crippen LogP contribution in [0.15, 0.2) is 72.8 Å². The van der Waals surface area contributed by atoms with Crippen molar-refractivity contribution in [3.8, 4) is 0 Å². The molecule has 39 heavy (non-hydrogen) atoms. The fraction of sp³-hybridized carbons (Fsp3) is 0.310. The Bertz CT molecular complexity index is 1280. The number of nitrogens with one attached hydrogen (secondary N) is 1. The molecule has 1 unspecified atom stereocenters. The lowest BCUT2D eigenvalue weighted by Crippen LogP contribution is -2.54. The molecular weight excluding hydrogens is 557 g/mol. The van der Waals surface area contributed by atoms with E-state index in [4.69, 9.17) is 23.2 Å². The van der Waals surface area contributed by atoms with E-state index in [1.54, 1.807) is 35.2 Å². The Morgan fingerprint density at radius 2 is 1.56 bits per heavy atom. The van der Waals surface area contributed by atoms with Crippen LogP contribution in [-0.4, -0.2) is 39.0 Å². The maximum absolute atomic E-state index is 13.8. The van der Waals surface area contributed by atoms with Crippen LogP contribution in [-0.2, 0) is 28.3 Å². The van der Waals surface area contributed by atoms with E-state index in [-0.39, 0.29) is 29.8 Å². The maximum Gasteiger partial charge on any atom is 0.269 e. The van der Waals surface area contributed by atoms with E-state index in [9.17, 15) is 19.7 Å². The van der Waals surface area contributed by atoms with Gasteiger partial charge in [-0.3, -0.25) is 19.7 Å². The zero-order chi connectivity index (χ0) is 28.6. The van der Waals surface area contributed by atoms with Crippen molar-refractivity contribution in [3.63, 3.8) is 0 Å². The van der Waals surface area contributed by atoms with Gasteiger partial charge in [-0.1, -0.05) is 71.7 Å². The molecule has 3 aromatic rings. The summed E-state index contributed by atoms with van der Waals surface area (Å²) in [5.74, 6) is 0.0425. The summed E-state index contributed by atoms with van der Waals surface area (Å²) in [5.41, 5.74) is 1.83. The molecule has 0 saturated heterocycles. The summed E-state index contributed by atoms with van der Waals surface area (Å²) in [5, 5.41) is 14.8. The summed E-state index contributed by atoms with van der Waals surface area (Å²) in [6, 6.07) is 20.1. The third-order valence-corrected chi connectivity index (χ3v) is 7.50. The highest BCUT2D eigenvalue weighted by molar-refractivity contribution is 7.99. The van der Waals surface area contributed by atoms with Gasteiger partial charge >= 0.3 is 0 Å². The van der Waals surface area contributed by atoms with Crippen molar-refractivity contribution in [3.05, 3.63) is 110 Å². The second-order valence-corrected chi connectivity index (χ2v) is 11.9. The Balaban J connectivity index is 1.89. The number of benzene rings is 3. The molecule has 0 fully saturated rings. The van der Waals surface area contributed by atoms with Gasteiger partial charge in [0.15, 0.2) is 0 Å². The predicted octanol–water partition coefficient (Wildman–Crippen LogP) is 6.69. The molecule has 2 amide bonds. The van der Waals surface area contributed by atoms with Crippen molar-refractivity contribution in [1.29, 1.82) is 0 Å². The number of non-ortho nitro benzene ring substituents is 1. The number of halogens is 2. The zero-order valence-electron chi connectivity index (χ0n) is 22.0.